The largest absolute Gasteiger partial charge is 0.495 e. The van der Waals surface area contributed by atoms with Crippen molar-refractivity contribution in [3.05, 3.63) is 47.0 Å². The third-order valence-corrected chi connectivity index (χ3v) is 7.69. The van der Waals surface area contributed by atoms with Crippen LogP contribution < -0.4 is 15.0 Å². The van der Waals surface area contributed by atoms with E-state index in [4.69, 9.17) is 21.1 Å². The molecular formula is C22H28ClN3O5S. The Balaban J connectivity index is 1.95. The maximum absolute atomic E-state index is 13.1. The zero-order valence-corrected chi connectivity index (χ0v) is 20.0. The third-order valence-electron chi connectivity index (χ3n) is 5.31. The van der Waals surface area contributed by atoms with E-state index in [1.165, 1.54) is 29.6 Å². The molecule has 10 heteroatoms. The van der Waals surface area contributed by atoms with Crippen LogP contribution in [0.3, 0.4) is 0 Å². The second kappa shape index (κ2) is 10.5. The van der Waals surface area contributed by atoms with E-state index < -0.39 is 15.9 Å². The Morgan fingerprint density at radius 3 is 2.50 bits per heavy atom. The fourth-order valence-electron chi connectivity index (χ4n) is 3.64. The summed E-state index contributed by atoms with van der Waals surface area (Å²) in [6, 6.07) is 9.67. The SMILES string of the molecule is CCN(CC)S(=O)(=O)c1cc(C(=O)Nc2cccc(Cl)c2N2CCOCC2)ccc1OC. The molecule has 1 heterocycles. The molecule has 0 bridgehead atoms. The molecule has 2 aromatic carbocycles. The molecule has 32 heavy (non-hydrogen) atoms. The minimum absolute atomic E-state index is 0.0455. The fourth-order valence-corrected chi connectivity index (χ4v) is 5.57. The predicted octanol–water partition coefficient (Wildman–Crippen LogP) is 3.47. The average molecular weight is 482 g/mol. The van der Waals surface area contributed by atoms with Crippen molar-refractivity contribution in [2.24, 2.45) is 0 Å². The number of hydrogen-bond donors (Lipinski definition) is 1. The van der Waals surface area contributed by atoms with Gasteiger partial charge in [-0.15, -0.1) is 0 Å². The fraction of sp³-hybridized carbons (Fsp3) is 0.409. The highest BCUT2D eigenvalue weighted by molar-refractivity contribution is 7.89. The summed E-state index contributed by atoms with van der Waals surface area (Å²) in [5.41, 5.74) is 1.47. The van der Waals surface area contributed by atoms with Crippen LogP contribution >= 0.6 is 11.6 Å². The van der Waals surface area contributed by atoms with Crippen LogP contribution in [0, 0.1) is 0 Å². The zero-order chi connectivity index (χ0) is 23.3. The smallest absolute Gasteiger partial charge is 0.255 e. The van der Waals surface area contributed by atoms with Gasteiger partial charge in [-0.25, -0.2) is 8.42 Å². The van der Waals surface area contributed by atoms with Crippen molar-refractivity contribution in [1.29, 1.82) is 0 Å². The summed E-state index contributed by atoms with van der Waals surface area (Å²) in [6.45, 7) is 6.59. The second-order valence-corrected chi connectivity index (χ2v) is 9.46. The van der Waals surface area contributed by atoms with Gasteiger partial charge in [0, 0.05) is 31.7 Å². The molecule has 1 amide bonds. The summed E-state index contributed by atoms with van der Waals surface area (Å²) in [4.78, 5) is 15.1. The highest BCUT2D eigenvalue weighted by Gasteiger charge is 2.27. The molecule has 8 nitrogen and oxygen atoms in total. The van der Waals surface area contributed by atoms with Crippen LogP contribution in [0.1, 0.15) is 24.2 Å². The number of morpholine rings is 1. The molecule has 3 rings (SSSR count). The van der Waals surface area contributed by atoms with Gasteiger partial charge >= 0.3 is 0 Å². The number of hydrogen-bond acceptors (Lipinski definition) is 6. The van der Waals surface area contributed by atoms with Gasteiger partial charge in [0.25, 0.3) is 5.91 Å². The molecule has 2 aromatic rings. The molecule has 1 saturated heterocycles. The molecule has 1 aliphatic rings. The van der Waals surface area contributed by atoms with E-state index in [0.29, 0.717) is 50.1 Å². The van der Waals surface area contributed by atoms with Crippen LogP contribution in [0.2, 0.25) is 5.02 Å². The van der Waals surface area contributed by atoms with E-state index in [1.54, 1.807) is 32.0 Å². The molecule has 0 unspecified atom stereocenters. The number of benzene rings is 2. The molecule has 0 aromatic heterocycles. The molecule has 0 spiro atoms. The Morgan fingerprint density at radius 2 is 1.88 bits per heavy atom. The van der Waals surface area contributed by atoms with E-state index in [1.807, 2.05) is 0 Å². The normalized spacial score (nSPS) is 14.5. The lowest BCUT2D eigenvalue weighted by molar-refractivity contribution is 0.102. The first-order valence-electron chi connectivity index (χ1n) is 10.4. The van der Waals surface area contributed by atoms with Gasteiger partial charge in [-0.05, 0) is 30.3 Å². The lowest BCUT2D eigenvalue weighted by Crippen LogP contribution is -2.37. The summed E-state index contributed by atoms with van der Waals surface area (Å²) >= 11 is 6.45. The van der Waals surface area contributed by atoms with Crippen molar-refractivity contribution in [3.8, 4) is 5.75 Å². The Kier molecular flexibility index (Phi) is 8.00. The Hall–Kier alpha value is -2.33. The van der Waals surface area contributed by atoms with Gasteiger partial charge in [-0.2, -0.15) is 4.31 Å². The maximum atomic E-state index is 13.1. The van der Waals surface area contributed by atoms with Crippen molar-refractivity contribution in [1.82, 2.24) is 4.31 Å². The predicted molar refractivity (Wildman–Crippen MR) is 126 cm³/mol. The number of methoxy groups -OCH3 is 1. The highest BCUT2D eigenvalue weighted by atomic mass is 35.5. The summed E-state index contributed by atoms with van der Waals surface area (Å²) < 4.78 is 38.2. The number of nitrogens with zero attached hydrogens (tertiary/aromatic N) is 2. The average Bonchev–Trinajstić information content (AvgIpc) is 2.80. The summed E-state index contributed by atoms with van der Waals surface area (Å²) in [5.74, 6) is -0.259. The minimum atomic E-state index is -3.82. The van der Waals surface area contributed by atoms with Crippen molar-refractivity contribution in [3.63, 3.8) is 0 Å². The standard InChI is InChI=1S/C22H28ClN3O5S/c1-4-26(5-2)32(28,29)20-15-16(9-10-19(20)30-3)22(27)24-18-8-6-7-17(23)21(18)25-11-13-31-14-12-25/h6-10,15H,4-5,11-14H2,1-3H3,(H,24,27). The zero-order valence-electron chi connectivity index (χ0n) is 18.4. The molecule has 1 aliphatic heterocycles. The van der Waals surface area contributed by atoms with Gasteiger partial charge in [-0.3, -0.25) is 4.79 Å². The number of rotatable bonds is 8. The molecule has 0 atom stereocenters. The molecular weight excluding hydrogens is 454 g/mol. The van der Waals surface area contributed by atoms with Gasteiger partial charge in [0.1, 0.15) is 10.6 Å². The third kappa shape index (κ3) is 5.01. The number of carbonyl (C=O) groups is 1. The van der Waals surface area contributed by atoms with Gasteiger partial charge in [0.05, 0.1) is 36.7 Å². The van der Waals surface area contributed by atoms with Crippen molar-refractivity contribution in [2.45, 2.75) is 18.7 Å². The van der Waals surface area contributed by atoms with Crippen molar-refractivity contribution < 1.29 is 22.7 Å². The first-order valence-corrected chi connectivity index (χ1v) is 12.3. The van der Waals surface area contributed by atoms with Crippen molar-refractivity contribution in [2.75, 3.05) is 56.7 Å². The first kappa shape index (κ1) is 24.3. The lowest BCUT2D eigenvalue weighted by atomic mass is 10.1. The minimum Gasteiger partial charge on any atom is -0.495 e. The van der Waals surface area contributed by atoms with E-state index >= 15 is 0 Å². The van der Waals surface area contributed by atoms with Crippen LogP contribution in [0.15, 0.2) is 41.3 Å². The molecule has 174 valence electrons. The first-order chi connectivity index (χ1) is 15.3. The second-order valence-electron chi connectivity index (χ2n) is 7.14. The number of para-hydroxylation sites is 1. The van der Waals surface area contributed by atoms with E-state index in [0.717, 1.165) is 5.69 Å². The topological polar surface area (TPSA) is 88.2 Å². The van der Waals surface area contributed by atoms with E-state index in [9.17, 15) is 13.2 Å². The number of sulfonamides is 1. The van der Waals surface area contributed by atoms with Gasteiger partial charge in [0.15, 0.2) is 0 Å². The van der Waals surface area contributed by atoms with Crippen LogP contribution in [0.4, 0.5) is 11.4 Å². The number of amides is 1. The van der Waals surface area contributed by atoms with Crippen LogP contribution in [-0.2, 0) is 14.8 Å². The number of nitrogens with one attached hydrogen (secondary N) is 1. The number of anilines is 2. The number of carbonyl (C=O) groups excluding carboxylic acids is 1. The van der Waals surface area contributed by atoms with Gasteiger partial charge in [-0.1, -0.05) is 31.5 Å². The van der Waals surface area contributed by atoms with Crippen LogP contribution in [0.5, 0.6) is 5.75 Å². The summed E-state index contributed by atoms with van der Waals surface area (Å²) in [6.07, 6.45) is 0. The molecule has 0 radical (unpaired) electrons. The van der Waals surface area contributed by atoms with Crippen LogP contribution in [0.25, 0.3) is 0 Å². The molecule has 0 aliphatic carbocycles. The van der Waals surface area contributed by atoms with E-state index in [-0.39, 0.29) is 16.2 Å². The monoisotopic (exact) mass is 481 g/mol. The molecule has 1 fully saturated rings. The number of ether oxygens (including phenoxy) is 2. The Labute approximate surface area is 194 Å². The van der Waals surface area contributed by atoms with Crippen LogP contribution in [-0.4, -0.2) is 65.1 Å². The number of halogens is 1. The Morgan fingerprint density at radius 1 is 1.19 bits per heavy atom. The van der Waals surface area contributed by atoms with Gasteiger partial charge in [0.2, 0.25) is 10.0 Å². The molecule has 1 N–H and O–H groups in total. The molecule has 0 saturated carbocycles. The quantitative estimate of drug-likeness (QED) is 0.621. The van der Waals surface area contributed by atoms with E-state index in [2.05, 4.69) is 10.2 Å². The lowest BCUT2D eigenvalue weighted by Gasteiger charge is -2.31. The highest BCUT2D eigenvalue weighted by Crippen LogP contribution is 2.35. The maximum Gasteiger partial charge on any atom is 0.255 e. The van der Waals surface area contributed by atoms with Crippen molar-refractivity contribution >= 4 is 38.9 Å². The summed E-state index contributed by atoms with van der Waals surface area (Å²) in [7, 11) is -2.42. The Bertz CT molecular complexity index is 1070. The van der Waals surface area contributed by atoms with Gasteiger partial charge < -0.3 is 19.7 Å². The summed E-state index contributed by atoms with van der Waals surface area (Å²) in [5, 5.41) is 3.40.